The molecule has 8 nitrogen and oxygen atoms in total. The zero-order valence-electron chi connectivity index (χ0n) is 16.0. The lowest BCUT2D eigenvalue weighted by Gasteiger charge is -2.38. The minimum absolute atomic E-state index is 0.0781. The maximum absolute atomic E-state index is 13.3. The number of sulfonamides is 1. The second kappa shape index (κ2) is 8.16. The third-order valence-corrected chi connectivity index (χ3v) is 7.23. The number of fused-ring (bicyclic) bond motifs is 1. The maximum atomic E-state index is 13.3. The molecule has 2 aromatic rings. The Morgan fingerprint density at radius 2 is 1.70 bits per heavy atom. The van der Waals surface area contributed by atoms with Gasteiger partial charge >= 0.3 is 0 Å². The molecule has 1 saturated heterocycles. The summed E-state index contributed by atoms with van der Waals surface area (Å²) >= 11 is 5.90. The third kappa shape index (κ3) is 3.82. The van der Waals surface area contributed by atoms with Crippen molar-refractivity contribution in [3.8, 4) is 5.75 Å². The Kier molecular flexibility index (Phi) is 5.57. The number of amides is 2. The van der Waals surface area contributed by atoms with E-state index in [1.807, 2.05) is 0 Å². The summed E-state index contributed by atoms with van der Waals surface area (Å²) in [7, 11) is -3.93. The van der Waals surface area contributed by atoms with Crippen LogP contribution in [0.4, 0.5) is 5.69 Å². The molecule has 0 saturated carbocycles. The van der Waals surface area contributed by atoms with Gasteiger partial charge in [-0.2, -0.15) is 0 Å². The van der Waals surface area contributed by atoms with Crippen molar-refractivity contribution in [2.24, 2.45) is 0 Å². The first-order chi connectivity index (χ1) is 14.4. The van der Waals surface area contributed by atoms with E-state index in [1.54, 1.807) is 34.1 Å². The fraction of sp³-hybridized carbons (Fsp3) is 0.300. The summed E-state index contributed by atoms with van der Waals surface area (Å²) in [6, 6.07) is 12.6. The second-order valence-corrected chi connectivity index (χ2v) is 9.33. The van der Waals surface area contributed by atoms with E-state index < -0.39 is 16.1 Å². The van der Waals surface area contributed by atoms with Crippen LogP contribution in [-0.2, 0) is 19.6 Å². The number of ether oxygens (including phenoxy) is 1. The van der Waals surface area contributed by atoms with Crippen LogP contribution in [0.25, 0.3) is 0 Å². The van der Waals surface area contributed by atoms with Gasteiger partial charge in [-0.15, -0.1) is 0 Å². The molecule has 2 aromatic carbocycles. The maximum Gasteiger partial charge on any atom is 0.265 e. The minimum Gasteiger partial charge on any atom is -0.476 e. The van der Waals surface area contributed by atoms with E-state index in [1.165, 1.54) is 28.6 Å². The zero-order chi connectivity index (χ0) is 21.3. The smallest absolute Gasteiger partial charge is 0.265 e. The van der Waals surface area contributed by atoms with Crippen molar-refractivity contribution in [3.63, 3.8) is 0 Å². The molecule has 2 heterocycles. The minimum atomic E-state index is -3.93. The van der Waals surface area contributed by atoms with E-state index in [0.29, 0.717) is 42.6 Å². The molecule has 2 amide bonds. The molecule has 0 aromatic heterocycles. The van der Waals surface area contributed by atoms with Gasteiger partial charge in [0, 0.05) is 31.2 Å². The van der Waals surface area contributed by atoms with Gasteiger partial charge < -0.3 is 14.5 Å². The number of halogens is 1. The average Bonchev–Trinajstić information content (AvgIpc) is 2.78. The van der Waals surface area contributed by atoms with Gasteiger partial charge in [-0.1, -0.05) is 23.7 Å². The van der Waals surface area contributed by atoms with Gasteiger partial charge in [0.2, 0.25) is 6.41 Å². The lowest BCUT2D eigenvalue weighted by atomic mass is 10.2. The Hall–Kier alpha value is -2.78. The molecule has 0 bridgehead atoms. The number of anilines is 1. The summed E-state index contributed by atoms with van der Waals surface area (Å²) in [6.07, 6.45) is -0.222. The lowest BCUT2D eigenvalue weighted by Crippen LogP contribution is -2.56. The van der Waals surface area contributed by atoms with Gasteiger partial charge in [-0.3, -0.25) is 13.9 Å². The summed E-state index contributed by atoms with van der Waals surface area (Å²) in [5.74, 6) is 0.0255. The monoisotopic (exact) mass is 449 g/mol. The van der Waals surface area contributed by atoms with Gasteiger partial charge in [0.25, 0.3) is 15.9 Å². The SMILES string of the molecule is O=CN1CCN(C(=O)[C@@H]2CN(S(=O)(=O)c3ccc(Cl)cc3)c3ccccc3O2)CC1. The predicted octanol–water partition coefficient (Wildman–Crippen LogP) is 1.60. The van der Waals surface area contributed by atoms with E-state index in [-0.39, 0.29) is 17.3 Å². The van der Waals surface area contributed by atoms with Crippen molar-refractivity contribution in [1.82, 2.24) is 9.80 Å². The van der Waals surface area contributed by atoms with Crippen LogP contribution in [0.5, 0.6) is 5.75 Å². The highest BCUT2D eigenvalue weighted by molar-refractivity contribution is 7.92. The summed E-state index contributed by atoms with van der Waals surface area (Å²) in [5, 5.41) is 0.429. The van der Waals surface area contributed by atoms with Gasteiger partial charge in [0.05, 0.1) is 17.1 Å². The number of hydrogen-bond donors (Lipinski definition) is 0. The van der Waals surface area contributed by atoms with Crippen molar-refractivity contribution < 1.29 is 22.7 Å². The number of carbonyl (C=O) groups excluding carboxylic acids is 2. The average molecular weight is 450 g/mol. The van der Waals surface area contributed by atoms with Gasteiger partial charge in [-0.05, 0) is 36.4 Å². The number of rotatable bonds is 4. The second-order valence-electron chi connectivity index (χ2n) is 7.03. The summed E-state index contributed by atoms with van der Waals surface area (Å²) in [4.78, 5) is 27.2. The number of hydrogen-bond acceptors (Lipinski definition) is 5. The molecule has 0 spiro atoms. The Morgan fingerprint density at radius 3 is 2.37 bits per heavy atom. The molecule has 30 heavy (non-hydrogen) atoms. The Bertz CT molecular complexity index is 1050. The summed E-state index contributed by atoms with van der Waals surface area (Å²) in [6.45, 7) is 1.48. The summed E-state index contributed by atoms with van der Waals surface area (Å²) < 4.78 is 33.8. The first-order valence-electron chi connectivity index (χ1n) is 9.42. The van der Waals surface area contributed by atoms with E-state index >= 15 is 0 Å². The van der Waals surface area contributed by atoms with Crippen LogP contribution in [0, 0.1) is 0 Å². The Morgan fingerprint density at radius 1 is 1.03 bits per heavy atom. The molecule has 158 valence electrons. The van der Waals surface area contributed by atoms with Crippen LogP contribution in [0.15, 0.2) is 53.4 Å². The first kappa shape index (κ1) is 20.5. The number of piperazine rings is 1. The van der Waals surface area contributed by atoms with Gasteiger partial charge in [0.15, 0.2) is 6.10 Å². The highest BCUT2D eigenvalue weighted by Gasteiger charge is 2.39. The molecule has 0 unspecified atom stereocenters. The lowest BCUT2D eigenvalue weighted by molar-refractivity contribution is -0.141. The highest BCUT2D eigenvalue weighted by Crippen LogP contribution is 2.37. The standard InChI is InChI=1S/C20H20ClN3O5S/c21-15-5-7-16(8-6-15)30(27,28)24-13-19(29-18-4-2-1-3-17(18)24)20(26)23-11-9-22(14-25)10-12-23/h1-8,14,19H,9-13H2/t19-/m0/s1. The zero-order valence-corrected chi connectivity index (χ0v) is 17.6. The molecule has 10 heteroatoms. The quantitative estimate of drug-likeness (QED) is 0.661. The Labute approximate surface area is 179 Å². The number of para-hydroxylation sites is 2. The summed E-state index contributed by atoms with van der Waals surface area (Å²) in [5.41, 5.74) is 0.377. The number of carbonyl (C=O) groups is 2. The van der Waals surface area contributed by atoms with E-state index in [4.69, 9.17) is 16.3 Å². The van der Waals surface area contributed by atoms with Crippen molar-refractivity contribution in [2.75, 3.05) is 37.0 Å². The highest BCUT2D eigenvalue weighted by atomic mass is 35.5. The molecule has 2 aliphatic heterocycles. The van der Waals surface area contributed by atoms with Crippen molar-refractivity contribution in [1.29, 1.82) is 0 Å². The molecule has 1 fully saturated rings. The largest absolute Gasteiger partial charge is 0.476 e. The van der Waals surface area contributed by atoms with Crippen LogP contribution in [-0.4, -0.2) is 69.4 Å². The van der Waals surface area contributed by atoms with Crippen LogP contribution in [0.3, 0.4) is 0 Å². The van der Waals surface area contributed by atoms with E-state index in [9.17, 15) is 18.0 Å². The fourth-order valence-corrected chi connectivity index (χ4v) is 5.15. The molecular weight excluding hydrogens is 430 g/mol. The molecule has 0 N–H and O–H groups in total. The van der Waals surface area contributed by atoms with Gasteiger partial charge in [-0.25, -0.2) is 8.42 Å². The molecule has 2 aliphatic rings. The normalized spacial score (nSPS) is 19.1. The molecule has 4 rings (SSSR count). The van der Waals surface area contributed by atoms with Crippen LogP contribution < -0.4 is 9.04 Å². The molecule has 0 radical (unpaired) electrons. The topological polar surface area (TPSA) is 87.2 Å². The van der Waals surface area contributed by atoms with Crippen molar-refractivity contribution in [3.05, 3.63) is 53.6 Å². The number of benzene rings is 2. The molecular formula is C20H20ClN3O5S. The molecule has 1 atom stereocenters. The van der Waals surface area contributed by atoms with Crippen LogP contribution in [0.2, 0.25) is 5.02 Å². The first-order valence-corrected chi connectivity index (χ1v) is 11.2. The number of nitrogens with zero attached hydrogens (tertiary/aromatic N) is 3. The fourth-order valence-electron chi connectivity index (χ4n) is 3.54. The molecule has 0 aliphatic carbocycles. The van der Waals surface area contributed by atoms with E-state index in [2.05, 4.69) is 0 Å². The third-order valence-electron chi connectivity index (χ3n) is 5.19. The van der Waals surface area contributed by atoms with Crippen molar-refractivity contribution in [2.45, 2.75) is 11.0 Å². The predicted molar refractivity (Wildman–Crippen MR) is 111 cm³/mol. The van der Waals surface area contributed by atoms with E-state index in [0.717, 1.165) is 6.41 Å². The van der Waals surface area contributed by atoms with Gasteiger partial charge in [0.1, 0.15) is 5.75 Å². The Balaban J connectivity index is 1.63. The van der Waals surface area contributed by atoms with Crippen molar-refractivity contribution >= 4 is 39.6 Å². The van der Waals surface area contributed by atoms with Crippen LogP contribution >= 0.6 is 11.6 Å². The van der Waals surface area contributed by atoms with Crippen LogP contribution in [0.1, 0.15) is 0 Å².